The molecule has 0 unspecified atom stereocenters. The molecule has 0 aliphatic carbocycles. The number of nitrogens with zero attached hydrogens (tertiary/aromatic N) is 4. The van der Waals surface area contributed by atoms with Gasteiger partial charge in [-0.3, -0.25) is 9.69 Å². The number of hydrogen-bond acceptors (Lipinski definition) is 4. The van der Waals surface area contributed by atoms with E-state index in [1.165, 1.54) is 5.69 Å². The number of piperazine rings is 1. The first-order chi connectivity index (χ1) is 13.7. The lowest BCUT2D eigenvalue weighted by Gasteiger charge is -2.36. The van der Waals surface area contributed by atoms with Crippen molar-refractivity contribution in [1.82, 2.24) is 14.7 Å². The molecule has 144 valence electrons. The quantitative estimate of drug-likeness (QED) is 0.665. The van der Waals surface area contributed by atoms with Crippen LogP contribution in [0.1, 0.15) is 0 Å². The Morgan fingerprint density at radius 2 is 1.64 bits per heavy atom. The van der Waals surface area contributed by atoms with Gasteiger partial charge in [-0.2, -0.15) is 5.10 Å². The topological polar surface area (TPSA) is 41.4 Å². The Morgan fingerprint density at radius 3 is 2.39 bits per heavy atom. The third-order valence-corrected chi connectivity index (χ3v) is 5.34. The summed E-state index contributed by atoms with van der Waals surface area (Å²) in [5.41, 5.74) is 2.95. The summed E-state index contributed by atoms with van der Waals surface area (Å²) in [7, 11) is 0. The lowest BCUT2D eigenvalue weighted by atomic mass is 10.1. The lowest BCUT2D eigenvalue weighted by molar-refractivity contribution is 0.243. The van der Waals surface area contributed by atoms with Crippen molar-refractivity contribution >= 4 is 17.3 Å². The molecule has 0 saturated carbocycles. The van der Waals surface area contributed by atoms with E-state index in [-0.39, 0.29) is 5.56 Å². The zero-order valence-electron chi connectivity index (χ0n) is 15.7. The van der Waals surface area contributed by atoms with Gasteiger partial charge in [-0.1, -0.05) is 48.0 Å². The van der Waals surface area contributed by atoms with Crippen LogP contribution in [0, 0.1) is 0 Å². The van der Waals surface area contributed by atoms with Crippen molar-refractivity contribution in [2.24, 2.45) is 0 Å². The molecule has 6 heteroatoms. The third-order valence-electron chi connectivity index (χ3n) is 5.11. The summed E-state index contributed by atoms with van der Waals surface area (Å²) in [6.45, 7) is 5.23. The van der Waals surface area contributed by atoms with Gasteiger partial charge in [0, 0.05) is 55.1 Å². The first-order valence-electron chi connectivity index (χ1n) is 9.55. The molecule has 3 aromatic rings. The van der Waals surface area contributed by atoms with E-state index in [2.05, 4.69) is 21.0 Å². The monoisotopic (exact) mass is 394 g/mol. The van der Waals surface area contributed by atoms with Crippen LogP contribution in [0.15, 0.2) is 71.5 Å². The summed E-state index contributed by atoms with van der Waals surface area (Å²) in [6, 6.07) is 21.3. The van der Waals surface area contributed by atoms with Crippen LogP contribution >= 0.6 is 11.6 Å². The predicted molar refractivity (Wildman–Crippen MR) is 114 cm³/mol. The van der Waals surface area contributed by atoms with Crippen LogP contribution in [0.25, 0.3) is 11.3 Å². The normalized spacial score (nSPS) is 15.0. The fourth-order valence-corrected chi connectivity index (χ4v) is 3.70. The largest absolute Gasteiger partial charge is 0.369 e. The van der Waals surface area contributed by atoms with E-state index in [9.17, 15) is 4.79 Å². The molecule has 28 heavy (non-hydrogen) atoms. The molecule has 0 bridgehead atoms. The third kappa shape index (κ3) is 4.43. The van der Waals surface area contributed by atoms with Crippen LogP contribution in [-0.2, 0) is 6.54 Å². The van der Waals surface area contributed by atoms with Crippen molar-refractivity contribution in [3.63, 3.8) is 0 Å². The van der Waals surface area contributed by atoms with E-state index < -0.39 is 0 Å². The van der Waals surface area contributed by atoms with Crippen LogP contribution in [0.4, 0.5) is 5.69 Å². The fraction of sp³-hybridized carbons (Fsp3) is 0.273. The molecule has 1 aliphatic heterocycles. The summed E-state index contributed by atoms with van der Waals surface area (Å²) in [5, 5.41) is 5.32. The Kier molecular flexibility index (Phi) is 5.74. The average molecular weight is 395 g/mol. The van der Waals surface area contributed by atoms with Gasteiger partial charge >= 0.3 is 0 Å². The molecule has 0 radical (unpaired) electrons. The van der Waals surface area contributed by atoms with Gasteiger partial charge in [-0.25, -0.2) is 4.68 Å². The van der Waals surface area contributed by atoms with Gasteiger partial charge in [0.25, 0.3) is 5.56 Å². The van der Waals surface area contributed by atoms with Gasteiger partial charge in [0.1, 0.15) is 0 Å². The number of rotatable bonds is 5. The summed E-state index contributed by atoms with van der Waals surface area (Å²) in [5.74, 6) is 0. The average Bonchev–Trinajstić information content (AvgIpc) is 2.74. The number of halogens is 1. The minimum Gasteiger partial charge on any atom is -0.369 e. The molecule has 1 fully saturated rings. The molecule has 1 aliphatic rings. The van der Waals surface area contributed by atoms with Crippen molar-refractivity contribution in [2.75, 3.05) is 37.6 Å². The van der Waals surface area contributed by atoms with Crippen molar-refractivity contribution in [1.29, 1.82) is 0 Å². The highest BCUT2D eigenvalue weighted by molar-refractivity contribution is 6.30. The first kappa shape index (κ1) is 18.7. The van der Waals surface area contributed by atoms with E-state index in [1.807, 2.05) is 48.5 Å². The van der Waals surface area contributed by atoms with Crippen LogP contribution in [0.5, 0.6) is 0 Å². The highest BCUT2D eigenvalue weighted by atomic mass is 35.5. The molecule has 1 saturated heterocycles. The highest BCUT2D eigenvalue weighted by Gasteiger charge is 2.17. The Morgan fingerprint density at radius 1 is 0.857 bits per heavy atom. The van der Waals surface area contributed by atoms with E-state index in [0.29, 0.717) is 6.54 Å². The van der Waals surface area contributed by atoms with Gasteiger partial charge in [0.15, 0.2) is 0 Å². The van der Waals surface area contributed by atoms with E-state index in [1.54, 1.807) is 16.8 Å². The zero-order chi connectivity index (χ0) is 19.3. The molecular formula is C22H23ClN4O. The van der Waals surface area contributed by atoms with Crippen LogP contribution < -0.4 is 10.5 Å². The summed E-state index contributed by atoms with van der Waals surface area (Å²) >= 11 is 6.11. The van der Waals surface area contributed by atoms with Crippen LogP contribution in [-0.4, -0.2) is 47.4 Å². The van der Waals surface area contributed by atoms with Crippen molar-refractivity contribution < 1.29 is 0 Å². The minimum absolute atomic E-state index is 0.0581. The van der Waals surface area contributed by atoms with E-state index >= 15 is 0 Å². The SMILES string of the molecule is O=c1ccc(-c2ccccc2)nn1CCN1CCN(c2cccc(Cl)c2)CC1. The Labute approximate surface area is 169 Å². The van der Waals surface area contributed by atoms with Gasteiger partial charge in [-0.05, 0) is 24.3 Å². The molecule has 1 aromatic heterocycles. The molecule has 0 atom stereocenters. The van der Waals surface area contributed by atoms with Crippen molar-refractivity contribution in [2.45, 2.75) is 6.54 Å². The standard InChI is InChI=1S/C22H23ClN4O/c23-19-7-4-8-20(17-19)26-14-11-25(12-15-26)13-16-27-22(28)10-9-21(24-27)18-5-2-1-3-6-18/h1-10,17H,11-16H2. The lowest BCUT2D eigenvalue weighted by Crippen LogP contribution is -2.47. The molecule has 2 aromatic carbocycles. The van der Waals surface area contributed by atoms with Crippen molar-refractivity contribution in [3.8, 4) is 11.3 Å². The fourth-order valence-electron chi connectivity index (χ4n) is 3.51. The molecule has 0 N–H and O–H groups in total. The molecule has 5 nitrogen and oxygen atoms in total. The summed E-state index contributed by atoms with van der Waals surface area (Å²) < 4.78 is 1.58. The molecular weight excluding hydrogens is 372 g/mol. The van der Waals surface area contributed by atoms with Gasteiger partial charge in [0.05, 0.1) is 12.2 Å². The Hall–Kier alpha value is -2.63. The number of hydrogen-bond donors (Lipinski definition) is 0. The predicted octanol–water partition coefficient (Wildman–Crippen LogP) is 3.39. The second-order valence-electron chi connectivity index (χ2n) is 6.95. The number of benzene rings is 2. The van der Waals surface area contributed by atoms with Gasteiger partial charge < -0.3 is 4.90 Å². The van der Waals surface area contributed by atoms with Crippen molar-refractivity contribution in [3.05, 3.63) is 82.1 Å². The molecule has 0 amide bonds. The maximum Gasteiger partial charge on any atom is 0.266 e. The van der Waals surface area contributed by atoms with Gasteiger partial charge in [-0.15, -0.1) is 0 Å². The van der Waals surface area contributed by atoms with E-state index in [0.717, 1.165) is 49.0 Å². The highest BCUT2D eigenvalue weighted by Crippen LogP contribution is 2.20. The minimum atomic E-state index is -0.0581. The van der Waals surface area contributed by atoms with Crippen LogP contribution in [0.2, 0.25) is 5.02 Å². The molecule has 2 heterocycles. The number of anilines is 1. The summed E-state index contributed by atoms with van der Waals surface area (Å²) in [6.07, 6.45) is 0. The van der Waals surface area contributed by atoms with Crippen LogP contribution in [0.3, 0.4) is 0 Å². The zero-order valence-corrected chi connectivity index (χ0v) is 16.4. The maximum absolute atomic E-state index is 12.2. The molecule has 0 spiro atoms. The Bertz CT molecular complexity index is 981. The summed E-state index contributed by atoms with van der Waals surface area (Å²) in [4.78, 5) is 16.9. The van der Waals surface area contributed by atoms with Gasteiger partial charge in [0.2, 0.25) is 0 Å². The number of aromatic nitrogens is 2. The Balaban J connectivity index is 1.36. The first-order valence-corrected chi connectivity index (χ1v) is 9.93. The second kappa shape index (κ2) is 8.59. The van der Waals surface area contributed by atoms with E-state index in [4.69, 9.17) is 11.6 Å². The smallest absolute Gasteiger partial charge is 0.266 e. The second-order valence-corrected chi connectivity index (χ2v) is 7.39. The maximum atomic E-state index is 12.2. The molecule has 4 rings (SSSR count).